The van der Waals surface area contributed by atoms with Crippen LogP contribution in [0.15, 0.2) is 54.0 Å². The van der Waals surface area contributed by atoms with E-state index < -0.39 is 0 Å². The highest BCUT2D eigenvalue weighted by Gasteiger charge is 2.14. The molecule has 4 aromatic rings. The smallest absolute Gasteiger partial charge is 0.227 e. The maximum absolute atomic E-state index is 6.38. The Bertz CT molecular complexity index is 1220. The molecule has 8 heteroatoms. The Morgan fingerprint density at radius 3 is 2.69 bits per heavy atom. The lowest BCUT2D eigenvalue weighted by Crippen LogP contribution is -2.29. The van der Waals surface area contributed by atoms with Gasteiger partial charge in [0.05, 0.1) is 29.9 Å². The lowest BCUT2D eigenvalue weighted by molar-refractivity contribution is 0.413. The number of nitrogens with one attached hydrogen (secondary N) is 1. The van der Waals surface area contributed by atoms with Crippen LogP contribution < -0.4 is 20.7 Å². The molecule has 0 radical (unpaired) electrons. The van der Waals surface area contributed by atoms with Crippen molar-refractivity contribution >= 4 is 44.4 Å². The highest BCUT2D eigenvalue weighted by atomic mass is 32.1. The van der Waals surface area contributed by atoms with E-state index in [4.69, 9.17) is 15.5 Å². The maximum Gasteiger partial charge on any atom is 0.227 e. The number of hydrogen-bond donors (Lipinski definition) is 2. The van der Waals surface area contributed by atoms with Gasteiger partial charge in [-0.2, -0.15) is 0 Å². The van der Waals surface area contributed by atoms with E-state index in [0.29, 0.717) is 17.4 Å². The van der Waals surface area contributed by atoms with Crippen LogP contribution in [0.3, 0.4) is 0 Å². The van der Waals surface area contributed by atoms with Crippen LogP contribution in [0.5, 0.6) is 5.75 Å². The number of thiophene rings is 1. The summed E-state index contributed by atoms with van der Waals surface area (Å²) in [5, 5.41) is 6.60. The van der Waals surface area contributed by atoms with Gasteiger partial charge >= 0.3 is 0 Å². The summed E-state index contributed by atoms with van der Waals surface area (Å²) in [5.74, 6) is 1.17. The monoisotopic (exact) mass is 448 g/mol. The number of benzene rings is 2. The number of hydrogen-bond acceptors (Lipinski definition) is 8. The predicted octanol–water partition coefficient (Wildman–Crippen LogP) is 4.69. The van der Waals surface area contributed by atoms with Crippen LogP contribution in [0.2, 0.25) is 0 Å². The fraction of sp³-hybridized carbons (Fsp3) is 0.250. The molecule has 0 spiro atoms. The number of aromatic nitrogens is 2. The SMILES string of the molecule is COc1cc(N(C)CCN(C)C)c(N)cc1Nc1nccc(-c2csc3ccccc23)n1. The van der Waals surface area contributed by atoms with Crippen molar-refractivity contribution in [2.45, 2.75) is 0 Å². The number of methoxy groups -OCH3 is 1. The summed E-state index contributed by atoms with van der Waals surface area (Å²) in [6.07, 6.45) is 1.76. The fourth-order valence-corrected chi connectivity index (χ4v) is 4.47. The molecule has 0 unspecified atom stereocenters. The third kappa shape index (κ3) is 4.61. The van der Waals surface area contributed by atoms with E-state index in [2.05, 4.69) is 51.7 Å². The predicted molar refractivity (Wildman–Crippen MR) is 135 cm³/mol. The van der Waals surface area contributed by atoms with Crippen molar-refractivity contribution in [3.63, 3.8) is 0 Å². The molecule has 0 saturated carbocycles. The number of fused-ring (bicyclic) bond motifs is 1. The van der Waals surface area contributed by atoms with Crippen LogP contribution in [-0.2, 0) is 0 Å². The Morgan fingerprint density at radius 1 is 1.09 bits per heavy atom. The van der Waals surface area contributed by atoms with Gasteiger partial charge in [-0.05, 0) is 32.3 Å². The topological polar surface area (TPSA) is 79.5 Å². The minimum atomic E-state index is 0.490. The highest BCUT2D eigenvalue weighted by molar-refractivity contribution is 7.17. The number of nitrogens with two attached hydrogens (primary N) is 1. The summed E-state index contributed by atoms with van der Waals surface area (Å²) in [7, 11) is 7.78. The van der Waals surface area contributed by atoms with Gasteiger partial charge in [0.1, 0.15) is 5.75 Å². The lowest BCUT2D eigenvalue weighted by Gasteiger charge is -2.24. The molecule has 7 nitrogen and oxygen atoms in total. The van der Waals surface area contributed by atoms with Gasteiger partial charge in [0.25, 0.3) is 0 Å². The molecule has 0 amide bonds. The van der Waals surface area contributed by atoms with E-state index in [0.717, 1.165) is 35.7 Å². The molecule has 2 heterocycles. The molecule has 0 fully saturated rings. The van der Waals surface area contributed by atoms with Gasteiger partial charge in [0, 0.05) is 53.4 Å². The first-order chi connectivity index (χ1) is 15.5. The van der Waals surface area contributed by atoms with Crippen LogP contribution in [0.25, 0.3) is 21.3 Å². The summed E-state index contributed by atoms with van der Waals surface area (Å²) < 4.78 is 6.88. The molecule has 0 atom stereocenters. The van der Waals surface area contributed by atoms with E-state index in [9.17, 15) is 0 Å². The molecule has 0 aliphatic carbocycles. The highest BCUT2D eigenvalue weighted by Crippen LogP contribution is 2.37. The molecule has 0 aliphatic rings. The number of anilines is 4. The molecule has 0 aliphatic heterocycles. The van der Waals surface area contributed by atoms with Crippen molar-refractivity contribution in [1.82, 2.24) is 14.9 Å². The van der Waals surface area contributed by atoms with E-state index in [-0.39, 0.29) is 0 Å². The zero-order valence-corrected chi connectivity index (χ0v) is 19.6. The van der Waals surface area contributed by atoms with Gasteiger partial charge in [0.15, 0.2) is 0 Å². The largest absolute Gasteiger partial charge is 0.494 e. The van der Waals surface area contributed by atoms with Gasteiger partial charge in [-0.1, -0.05) is 18.2 Å². The van der Waals surface area contributed by atoms with E-state index in [1.54, 1.807) is 24.6 Å². The Hall–Kier alpha value is -3.36. The molecular weight excluding hydrogens is 420 g/mol. The van der Waals surface area contributed by atoms with E-state index in [1.165, 1.54) is 10.1 Å². The average molecular weight is 449 g/mol. The van der Waals surface area contributed by atoms with Crippen molar-refractivity contribution in [2.75, 3.05) is 57.3 Å². The first kappa shape index (κ1) is 21.9. The van der Waals surface area contributed by atoms with Gasteiger partial charge in [-0.15, -0.1) is 11.3 Å². The normalized spacial score (nSPS) is 11.2. The van der Waals surface area contributed by atoms with Gasteiger partial charge < -0.3 is 25.6 Å². The third-order valence-electron chi connectivity index (χ3n) is 5.30. The Labute approximate surface area is 192 Å². The molecule has 32 heavy (non-hydrogen) atoms. The number of nitrogen functional groups attached to an aromatic ring is 1. The van der Waals surface area contributed by atoms with Crippen LogP contribution in [0, 0.1) is 0 Å². The summed E-state index contributed by atoms with van der Waals surface area (Å²) in [5.41, 5.74) is 10.7. The Balaban J connectivity index is 1.61. The Morgan fingerprint density at radius 2 is 1.91 bits per heavy atom. The quantitative estimate of drug-likeness (QED) is 0.379. The third-order valence-corrected chi connectivity index (χ3v) is 6.27. The average Bonchev–Trinajstić information content (AvgIpc) is 3.22. The van der Waals surface area contributed by atoms with Crippen molar-refractivity contribution < 1.29 is 4.74 Å². The second kappa shape index (κ2) is 9.42. The molecule has 0 bridgehead atoms. The minimum Gasteiger partial charge on any atom is -0.494 e. The van der Waals surface area contributed by atoms with Crippen molar-refractivity contribution in [3.8, 4) is 17.0 Å². The van der Waals surface area contributed by atoms with Gasteiger partial charge in [-0.25, -0.2) is 9.97 Å². The van der Waals surface area contributed by atoms with Crippen LogP contribution in [0.1, 0.15) is 0 Å². The summed E-state index contributed by atoms with van der Waals surface area (Å²) in [4.78, 5) is 13.4. The molecule has 3 N–H and O–H groups in total. The zero-order valence-electron chi connectivity index (χ0n) is 18.8. The van der Waals surface area contributed by atoms with Crippen LogP contribution >= 0.6 is 11.3 Å². The maximum atomic E-state index is 6.38. The molecular formula is C24H28N6OS. The molecule has 2 aromatic carbocycles. The first-order valence-electron chi connectivity index (χ1n) is 10.4. The van der Waals surface area contributed by atoms with Crippen molar-refractivity contribution in [1.29, 1.82) is 0 Å². The fourth-order valence-electron chi connectivity index (χ4n) is 3.52. The molecule has 0 saturated heterocycles. The van der Waals surface area contributed by atoms with E-state index in [1.807, 2.05) is 37.4 Å². The molecule has 166 valence electrons. The standard InChI is InChI=1S/C24H28N6OS/c1-29(2)11-12-30(3)21-14-22(31-4)20(13-18(21)25)28-24-26-10-9-19(27-24)17-15-32-23-8-6-5-7-16(17)23/h5-10,13-15H,11-12,25H2,1-4H3,(H,26,27,28). The number of likely N-dealkylation sites (N-methyl/N-ethyl adjacent to an activating group) is 2. The van der Waals surface area contributed by atoms with Gasteiger partial charge in [-0.3, -0.25) is 0 Å². The summed E-state index contributed by atoms with van der Waals surface area (Å²) >= 11 is 1.71. The van der Waals surface area contributed by atoms with Crippen LogP contribution in [0.4, 0.5) is 23.0 Å². The van der Waals surface area contributed by atoms with E-state index >= 15 is 0 Å². The lowest BCUT2D eigenvalue weighted by atomic mass is 10.1. The zero-order chi connectivity index (χ0) is 22.7. The molecule has 2 aromatic heterocycles. The van der Waals surface area contributed by atoms with Gasteiger partial charge in [0.2, 0.25) is 5.95 Å². The first-order valence-corrected chi connectivity index (χ1v) is 11.2. The summed E-state index contributed by atoms with van der Waals surface area (Å²) in [6.45, 7) is 1.78. The second-order valence-corrected chi connectivity index (χ2v) is 8.78. The van der Waals surface area contributed by atoms with Crippen molar-refractivity contribution in [3.05, 3.63) is 54.0 Å². The summed E-state index contributed by atoms with van der Waals surface area (Å²) in [6, 6.07) is 14.1. The Kier molecular flexibility index (Phi) is 6.43. The number of nitrogens with zero attached hydrogens (tertiary/aromatic N) is 4. The minimum absolute atomic E-state index is 0.490. The van der Waals surface area contributed by atoms with Crippen LogP contribution in [-0.4, -0.2) is 56.2 Å². The second-order valence-electron chi connectivity index (χ2n) is 7.87. The molecule has 4 rings (SSSR count). The number of rotatable bonds is 8. The number of ether oxygens (including phenoxy) is 1. The van der Waals surface area contributed by atoms with Crippen molar-refractivity contribution in [2.24, 2.45) is 0 Å².